The molecule has 2 N–H and O–H groups in total. The first-order valence-electron chi connectivity index (χ1n) is 5.62. The standard InChI is InChI=1S/C11H15BrN6/c1-8-5-16-18(7-8)4-3-14-10-9(12)6-15-11(13-2)17-10/h5-7H,3-4H2,1-2H3,(H2,13,14,15,17). The van der Waals surface area contributed by atoms with Gasteiger partial charge in [-0.05, 0) is 28.4 Å². The Labute approximate surface area is 114 Å². The fourth-order valence-corrected chi connectivity index (χ4v) is 1.82. The Hall–Kier alpha value is -1.63. The first-order valence-corrected chi connectivity index (χ1v) is 6.41. The van der Waals surface area contributed by atoms with E-state index >= 15 is 0 Å². The second kappa shape index (κ2) is 5.81. The topological polar surface area (TPSA) is 67.7 Å². The Morgan fingerprint density at radius 1 is 1.39 bits per heavy atom. The van der Waals surface area contributed by atoms with Crippen LogP contribution in [0.5, 0.6) is 0 Å². The summed E-state index contributed by atoms with van der Waals surface area (Å²) in [4.78, 5) is 8.42. The average molecular weight is 311 g/mol. The Balaban J connectivity index is 1.93. The minimum atomic E-state index is 0.593. The SMILES string of the molecule is CNc1ncc(Br)c(NCCn2cc(C)cn2)n1. The van der Waals surface area contributed by atoms with Crippen molar-refractivity contribution in [3.05, 3.63) is 28.6 Å². The summed E-state index contributed by atoms with van der Waals surface area (Å²) in [6.45, 7) is 3.57. The van der Waals surface area contributed by atoms with Crippen LogP contribution in [0.1, 0.15) is 5.56 Å². The zero-order valence-electron chi connectivity index (χ0n) is 10.3. The molecule has 0 aromatic carbocycles. The number of anilines is 2. The third kappa shape index (κ3) is 3.19. The van der Waals surface area contributed by atoms with Crippen molar-refractivity contribution in [2.45, 2.75) is 13.5 Å². The van der Waals surface area contributed by atoms with Crippen molar-refractivity contribution in [3.63, 3.8) is 0 Å². The average Bonchev–Trinajstić information content (AvgIpc) is 2.77. The molecular formula is C11H15BrN6. The van der Waals surface area contributed by atoms with Gasteiger partial charge in [0.25, 0.3) is 0 Å². The molecule has 0 bridgehead atoms. The first kappa shape index (κ1) is 12.8. The molecule has 2 rings (SSSR count). The highest BCUT2D eigenvalue weighted by molar-refractivity contribution is 9.10. The Morgan fingerprint density at radius 2 is 2.22 bits per heavy atom. The summed E-state index contributed by atoms with van der Waals surface area (Å²) in [5, 5.41) is 10.4. The highest BCUT2D eigenvalue weighted by Crippen LogP contribution is 2.19. The van der Waals surface area contributed by atoms with Gasteiger partial charge in [0.1, 0.15) is 5.82 Å². The quantitative estimate of drug-likeness (QED) is 0.883. The van der Waals surface area contributed by atoms with Crippen LogP contribution in [0.3, 0.4) is 0 Å². The number of hydrogen-bond acceptors (Lipinski definition) is 5. The van der Waals surface area contributed by atoms with E-state index in [2.05, 4.69) is 41.6 Å². The van der Waals surface area contributed by atoms with E-state index in [9.17, 15) is 0 Å². The normalized spacial score (nSPS) is 10.4. The number of nitrogens with one attached hydrogen (secondary N) is 2. The summed E-state index contributed by atoms with van der Waals surface area (Å²) < 4.78 is 2.74. The van der Waals surface area contributed by atoms with Gasteiger partial charge in [0.05, 0.1) is 17.2 Å². The third-order valence-electron chi connectivity index (χ3n) is 2.36. The van der Waals surface area contributed by atoms with E-state index < -0.39 is 0 Å². The van der Waals surface area contributed by atoms with E-state index in [1.165, 1.54) is 0 Å². The van der Waals surface area contributed by atoms with Crippen LogP contribution in [0.4, 0.5) is 11.8 Å². The number of aromatic nitrogens is 4. The number of rotatable bonds is 5. The lowest BCUT2D eigenvalue weighted by molar-refractivity contribution is 0.636. The molecule has 0 spiro atoms. The maximum Gasteiger partial charge on any atom is 0.224 e. The van der Waals surface area contributed by atoms with Gasteiger partial charge in [-0.25, -0.2) is 4.98 Å². The van der Waals surface area contributed by atoms with Crippen molar-refractivity contribution in [3.8, 4) is 0 Å². The minimum absolute atomic E-state index is 0.593. The molecule has 0 atom stereocenters. The van der Waals surface area contributed by atoms with E-state index in [4.69, 9.17) is 0 Å². The van der Waals surface area contributed by atoms with Crippen molar-refractivity contribution < 1.29 is 0 Å². The minimum Gasteiger partial charge on any atom is -0.367 e. The summed E-state index contributed by atoms with van der Waals surface area (Å²) in [7, 11) is 1.79. The van der Waals surface area contributed by atoms with Gasteiger partial charge in [-0.15, -0.1) is 0 Å². The van der Waals surface area contributed by atoms with Gasteiger partial charge in [-0.1, -0.05) is 0 Å². The molecule has 0 saturated heterocycles. The number of hydrogen-bond donors (Lipinski definition) is 2. The Bertz CT molecular complexity index is 524. The number of halogens is 1. The van der Waals surface area contributed by atoms with Crippen molar-refractivity contribution in [2.75, 3.05) is 24.2 Å². The van der Waals surface area contributed by atoms with Gasteiger partial charge >= 0.3 is 0 Å². The lowest BCUT2D eigenvalue weighted by atomic mass is 10.4. The second-order valence-electron chi connectivity index (χ2n) is 3.85. The van der Waals surface area contributed by atoms with Gasteiger partial charge in [-0.3, -0.25) is 4.68 Å². The number of nitrogens with zero attached hydrogens (tertiary/aromatic N) is 4. The fourth-order valence-electron chi connectivity index (χ4n) is 1.49. The molecule has 0 aliphatic rings. The van der Waals surface area contributed by atoms with Gasteiger partial charge in [-0.2, -0.15) is 10.1 Å². The van der Waals surface area contributed by atoms with Crippen LogP contribution < -0.4 is 10.6 Å². The van der Waals surface area contributed by atoms with E-state index in [1.807, 2.05) is 24.0 Å². The van der Waals surface area contributed by atoms with E-state index in [0.717, 1.165) is 28.9 Å². The zero-order chi connectivity index (χ0) is 13.0. The van der Waals surface area contributed by atoms with Crippen molar-refractivity contribution >= 4 is 27.7 Å². The Morgan fingerprint density at radius 3 is 2.89 bits per heavy atom. The van der Waals surface area contributed by atoms with Crippen LogP contribution in [0.25, 0.3) is 0 Å². The molecule has 0 unspecified atom stereocenters. The zero-order valence-corrected chi connectivity index (χ0v) is 11.9. The molecule has 0 aliphatic heterocycles. The molecule has 6 nitrogen and oxygen atoms in total. The third-order valence-corrected chi connectivity index (χ3v) is 2.94. The maximum absolute atomic E-state index is 4.32. The van der Waals surface area contributed by atoms with Crippen LogP contribution in [0.15, 0.2) is 23.1 Å². The highest BCUT2D eigenvalue weighted by atomic mass is 79.9. The maximum atomic E-state index is 4.32. The van der Waals surface area contributed by atoms with Crippen molar-refractivity contribution in [1.29, 1.82) is 0 Å². The van der Waals surface area contributed by atoms with Crippen molar-refractivity contribution in [2.24, 2.45) is 0 Å². The van der Waals surface area contributed by atoms with Crippen LogP contribution in [-0.4, -0.2) is 33.3 Å². The highest BCUT2D eigenvalue weighted by Gasteiger charge is 2.03. The smallest absolute Gasteiger partial charge is 0.224 e. The summed E-state index contributed by atoms with van der Waals surface area (Å²) in [5.41, 5.74) is 1.16. The molecule has 18 heavy (non-hydrogen) atoms. The second-order valence-corrected chi connectivity index (χ2v) is 4.70. The van der Waals surface area contributed by atoms with Crippen LogP contribution >= 0.6 is 15.9 Å². The predicted octanol–water partition coefficient (Wildman–Crippen LogP) is 1.90. The molecule has 0 saturated carbocycles. The molecule has 2 aromatic heterocycles. The summed E-state index contributed by atoms with van der Waals surface area (Å²) in [6, 6.07) is 0. The largest absolute Gasteiger partial charge is 0.367 e. The molecule has 2 heterocycles. The van der Waals surface area contributed by atoms with Gasteiger partial charge < -0.3 is 10.6 Å². The molecule has 7 heteroatoms. The summed E-state index contributed by atoms with van der Waals surface area (Å²) in [6.07, 6.45) is 5.58. The predicted molar refractivity (Wildman–Crippen MR) is 74.7 cm³/mol. The lowest BCUT2D eigenvalue weighted by Crippen LogP contribution is -2.12. The summed E-state index contributed by atoms with van der Waals surface area (Å²) >= 11 is 3.41. The van der Waals surface area contributed by atoms with Crippen LogP contribution in [-0.2, 0) is 6.54 Å². The fraction of sp³-hybridized carbons (Fsp3) is 0.364. The molecular weight excluding hydrogens is 296 g/mol. The van der Waals surface area contributed by atoms with E-state index in [-0.39, 0.29) is 0 Å². The summed E-state index contributed by atoms with van der Waals surface area (Å²) in [5.74, 6) is 1.37. The molecule has 0 aliphatic carbocycles. The Kier molecular flexibility index (Phi) is 4.14. The molecule has 0 fully saturated rings. The van der Waals surface area contributed by atoms with Gasteiger partial charge in [0.2, 0.25) is 5.95 Å². The van der Waals surface area contributed by atoms with Crippen LogP contribution in [0, 0.1) is 6.92 Å². The molecule has 0 amide bonds. The van der Waals surface area contributed by atoms with E-state index in [0.29, 0.717) is 5.95 Å². The van der Waals surface area contributed by atoms with Gasteiger partial charge in [0.15, 0.2) is 0 Å². The number of aryl methyl sites for hydroxylation is 1. The van der Waals surface area contributed by atoms with E-state index in [1.54, 1.807) is 13.2 Å². The van der Waals surface area contributed by atoms with Gasteiger partial charge in [0, 0.05) is 26.0 Å². The lowest BCUT2D eigenvalue weighted by Gasteiger charge is -2.08. The monoisotopic (exact) mass is 310 g/mol. The molecule has 96 valence electrons. The van der Waals surface area contributed by atoms with Crippen LogP contribution in [0.2, 0.25) is 0 Å². The van der Waals surface area contributed by atoms with Crippen molar-refractivity contribution in [1.82, 2.24) is 19.7 Å². The first-order chi connectivity index (χ1) is 8.69. The molecule has 2 aromatic rings. The molecule has 0 radical (unpaired) electrons.